The van der Waals surface area contributed by atoms with Gasteiger partial charge in [-0.3, -0.25) is 25.7 Å². The maximum atomic E-state index is 11.1. The molecule has 1 aliphatic heterocycles. The van der Waals surface area contributed by atoms with Crippen molar-refractivity contribution < 1.29 is 9.85 Å². The molecule has 0 aromatic heterocycles. The number of nitro benzene ring substituents is 2. The van der Waals surface area contributed by atoms with Crippen molar-refractivity contribution >= 4 is 29.0 Å². The Kier molecular flexibility index (Phi) is 4.55. The molecule has 2 aromatic carbocycles. The number of nitrogens with zero attached hydrogens (tertiary/aromatic N) is 3. The highest BCUT2D eigenvalue weighted by Crippen LogP contribution is 2.29. The molecule has 0 fully saturated rings. The van der Waals surface area contributed by atoms with Crippen molar-refractivity contribution in [2.75, 3.05) is 17.3 Å². The lowest BCUT2D eigenvalue weighted by atomic mass is 10.0. The van der Waals surface area contributed by atoms with E-state index < -0.39 is 15.5 Å². The molecule has 9 heteroatoms. The monoisotopic (exact) mass is 341 g/mol. The lowest BCUT2D eigenvalue weighted by Gasteiger charge is -2.17. The third-order valence-corrected chi connectivity index (χ3v) is 3.86. The van der Waals surface area contributed by atoms with Gasteiger partial charge in [0, 0.05) is 18.3 Å². The summed E-state index contributed by atoms with van der Waals surface area (Å²) in [6.45, 7) is 0.964. The number of nitrogens with one attached hydrogen (secondary N) is 2. The van der Waals surface area contributed by atoms with Gasteiger partial charge in [0.25, 0.3) is 5.69 Å². The van der Waals surface area contributed by atoms with Gasteiger partial charge in [0.15, 0.2) is 0 Å². The molecule has 0 radical (unpaired) electrons. The van der Waals surface area contributed by atoms with Crippen LogP contribution in [0.3, 0.4) is 0 Å². The molecule has 3 rings (SSSR count). The zero-order valence-electron chi connectivity index (χ0n) is 13.1. The van der Waals surface area contributed by atoms with Crippen LogP contribution in [-0.4, -0.2) is 22.6 Å². The van der Waals surface area contributed by atoms with E-state index in [4.69, 9.17) is 0 Å². The van der Waals surface area contributed by atoms with Gasteiger partial charge in [0.2, 0.25) is 0 Å². The van der Waals surface area contributed by atoms with E-state index in [-0.39, 0.29) is 11.4 Å². The molecule has 1 aliphatic rings. The van der Waals surface area contributed by atoms with Crippen molar-refractivity contribution in [1.82, 2.24) is 0 Å². The Labute approximate surface area is 142 Å². The summed E-state index contributed by atoms with van der Waals surface area (Å²) < 4.78 is 0. The molecule has 0 saturated heterocycles. The number of nitro groups is 2. The van der Waals surface area contributed by atoms with E-state index in [2.05, 4.69) is 15.8 Å². The molecule has 0 amide bonds. The van der Waals surface area contributed by atoms with Gasteiger partial charge in [0.1, 0.15) is 5.69 Å². The van der Waals surface area contributed by atoms with Crippen molar-refractivity contribution in [1.29, 1.82) is 0 Å². The fourth-order valence-corrected chi connectivity index (χ4v) is 2.63. The van der Waals surface area contributed by atoms with E-state index in [9.17, 15) is 20.2 Å². The molecule has 0 atom stereocenters. The summed E-state index contributed by atoms with van der Waals surface area (Å²) in [6.07, 6.45) is 3.62. The van der Waals surface area contributed by atoms with Gasteiger partial charge >= 0.3 is 5.69 Å². The number of benzene rings is 2. The summed E-state index contributed by atoms with van der Waals surface area (Å²) in [4.78, 5) is 20.4. The Bertz CT molecular complexity index is 866. The first-order valence-corrected chi connectivity index (χ1v) is 7.63. The third-order valence-electron chi connectivity index (χ3n) is 3.86. The molecule has 0 spiro atoms. The molecule has 0 aliphatic carbocycles. The maximum Gasteiger partial charge on any atom is 0.301 e. The van der Waals surface area contributed by atoms with Crippen LogP contribution in [0.4, 0.5) is 22.7 Å². The Morgan fingerprint density at radius 3 is 2.72 bits per heavy atom. The molecular formula is C16H15N5O4. The normalized spacial score (nSPS) is 13.1. The van der Waals surface area contributed by atoms with Crippen LogP contribution in [0.25, 0.3) is 0 Å². The highest BCUT2D eigenvalue weighted by molar-refractivity contribution is 5.82. The quantitative estimate of drug-likeness (QED) is 0.488. The first-order valence-electron chi connectivity index (χ1n) is 7.63. The summed E-state index contributed by atoms with van der Waals surface area (Å²) in [5, 5.41) is 29.1. The average Bonchev–Trinajstić information content (AvgIpc) is 2.61. The van der Waals surface area contributed by atoms with Crippen LogP contribution < -0.4 is 10.7 Å². The van der Waals surface area contributed by atoms with Gasteiger partial charge in [0.05, 0.1) is 22.1 Å². The average molecular weight is 341 g/mol. The Morgan fingerprint density at radius 1 is 1.12 bits per heavy atom. The number of rotatable bonds is 5. The predicted octanol–water partition coefficient (Wildman–Crippen LogP) is 3.31. The summed E-state index contributed by atoms with van der Waals surface area (Å²) in [6, 6.07) is 9.25. The fourth-order valence-electron chi connectivity index (χ4n) is 2.63. The van der Waals surface area contributed by atoms with Crippen LogP contribution in [0.2, 0.25) is 0 Å². The maximum absolute atomic E-state index is 11.1. The summed E-state index contributed by atoms with van der Waals surface area (Å²) in [5.41, 5.74) is 5.10. The number of hydrogen-bond acceptors (Lipinski definition) is 7. The van der Waals surface area contributed by atoms with Gasteiger partial charge in [-0.05, 0) is 42.2 Å². The van der Waals surface area contributed by atoms with Crippen LogP contribution in [0.1, 0.15) is 17.5 Å². The molecule has 128 valence electrons. The van der Waals surface area contributed by atoms with Crippen LogP contribution in [0, 0.1) is 20.2 Å². The van der Waals surface area contributed by atoms with E-state index in [0.717, 1.165) is 36.7 Å². The van der Waals surface area contributed by atoms with Crippen molar-refractivity contribution in [2.24, 2.45) is 5.10 Å². The third kappa shape index (κ3) is 3.71. The number of hydrogen-bond donors (Lipinski definition) is 2. The first kappa shape index (κ1) is 16.4. The SMILES string of the molecule is O=[N+]([O-])c1ccc(N/N=C\c2ccc3c(c2)CCCN3)c([N+](=O)[O-])c1. The molecule has 0 saturated carbocycles. The standard InChI is InChI=1S/C16H15N5O4/c22-20(23)13-4-6-15(16(9-13)21(24)25)19-18-10-11-3-5-14-12(8-11)2-1-7-17-14/h3-6,8-10,17,19H,1-2,7H2/b18-10-. The number of non-ortho nitro benzene ring substituents is 1. The van der Waals surface area contributed by atoms with Gasteiger partial charge < -0.3 is 5.32 Å². The summed E-state index contributed by atoms with van der Waals surface area (Å²) >= 11 is 0. The number of hydrazone groups is 1. The van der Waals surface area contributed by atoms with Gasteiger partial charge in [-0.1, -0.05) is 6.07 Å². The van der Waals surface area contributed by atoms with Crippen molar-refractivity contribution in [2.45, 2.75) is 12.8 Å². The second-order valence-electron chi connectivity index (χ2n) is 5.53. The Morgan fingerprint density at radius 2 is 1.96 bits per heavy atom. The Hall–Kier alpha value is -3.49. The largest absolute Gasteiger partial charge is 0.385 e. The predicted molar refractivity (Wildman–Crippen MR) is 94.2 cm³/mol. The van der Waals surface area contributed by atoms with E-state index in [1.807, 2.05) is 18.2 Å². The van der Waals surface area contributed by atoms with Crippen LogP contribution >= 0.6 is 0 Å². The van der Waals surface area contributed by atoms with Crippen LogP contribution in [0.5, 0.6) is 0 Å². The highest BCUT2D eigenvalue weighted by atomic mass is 16.6. The van der Waals surface area contributed by atoms with Crippen LogP contribution in [-0.2, 0) is 6.42 Å². The smallest absolute Gasteiger partial charge is 0.301 e. The first-order chi connectivity index (χ1) is 12.0. The minimum atomic E-state index is -0.685. The molecule has 2 N–H and O–H groups in total. The lowest BCUT2D eigenvalue weighted by Crippen LogP contribution is -2.11. The van der Waals surface area contributed by atoms with E-state index in [1.165, 1.54) is 17.7 Å². The van der Waals surface area contributed by atoms with Crippen molar-refractivity contribution in [3.05, 3.63) is 67.8 Å². The second kappa shape index (κ2) is 6.95. The number of fused-ring (bicyclic) bond motifs is 1. The van der Waals surface area contributed by atoms with E-state index in [1.54, 1.807) is 6.21 Å². The molecule has 25 heavy (non-hydrogen) atoms. The van der Waals surface area contributed by atoms with Crippen LogP contribution in [0.15, 0.2) is 41.5 Å². The fraction of sp³-hybridized carbons (Fsp3) is 0.188. The van der Waals surface area contributed by atoms with Crippen molar-refractivity contribution in [3.63, 3.8) is 0 Å². The topological polar surface area (TPSA) is 123 Å². The van der Waals surface area contributed by atoms with Gasteiger partial charge in [-0.2, -0.15) is 5.10 Å². The minimum absolute atomic E-state index is 0.0893. The molecule has 0 unspecified atom stereocenters. The molecular weight excluding hydrogens is 326 g/mol. The zero-order valence-corrected chi connectivity index (χ0v) is 13.1. The molecule has 0 bridgehead atoms. The van der Waals surface area contributed by atoms with Gasteiger partial charge in [-0.15, -0.1) is 0 Å². The van der Waals surface area contributed by atoms with E-state index >= 15 is 0 Å². The second-order valence-corrected chi connectivity index (χ2v) is 5.53. The summed E-state index contributed by atoms with van der Waals surface area (Å²) in [7, 11) is 0. The zero-order chi connectivity index (χ0) is 17.8. The van der Waals surface area contributed by atoms with Crippen molar-refractivity contribution in [3.8, 4) is 0 Å². The molecule has 2 aromatic rings. The molecule has 1 heterocycles. The minimum Gasteiger partial charge on any atom is -0.385 e. The molecule has 9 nitrogen and oxygen atoms in total. The number of anilines is 2. The van der Waals surface area contributed by atoms with Gasteiger partial charge in [-0.25, -0.2) is 0 Å². The highest BCUT2D eigenvalue weighted by Gasteiger charge is 2.19. The Balaban J connectivity index is 1.78. The summed E-state index contributed by atoms with van der Waals surface area (Å²) in [5.74, 6) is 0. The number of aryl methyl sites for hydroxylation is 1. The van der Waals surface area contributed by atoms with E-state index in [0.29, 0.717) is 0 Å². The lowest BCUT2D eigenvalue weighted by molar-refractivity contribution is -0.393.